The topological polar surface area (TPSA) is 114 Å². The Morgan fingerprint density at radius 3 is 2.77 bits per heavy atom. The lowest BCUT2D eigenvalue weighted by Crippen LogP contribution is -2.22. The zero-order valence-electron chi connectivity index (χ0n) is 19.1. The molecule has 10 nitrogen and oxygen atoms in total. The van der Waals surface area contributed by atoms with Crippen molar-refractivity contribution >= 4 is 33.3 Å². The molecule has 0 radical (unpaired) electrons. The minimum Gasteiger partial charge on any atom is -0.493 e. The monoisotopic (exact) mass is 494 g/mol. The first-order chi connectivity index (χ1) is 17.1. The van der Waals surface area contributed by atoms with E-state index < -0.39 is 0 Å². The molecule has 5 rings (SSSR count). The van der Waals surface area contributed by atoms with E-state index in [9.17, 15) is 9.59 Å². The molecule has 0 saturated carbocycles. The average molecular weight is 495 g/mol. The molecule has 1 aliphatic heterocycles. The molecule has 0 saturated heterocycles. The van der Waals surface area contributed by atoms with Crippen molar-refractivity contribution < 1.29 is 23.7 Å². The van der Waals surface area contributed by atoms with Crippen molar-refractivity contribution in [2.75, 3.05) is 26.3 Å². The van der Waals surface area contributed by atoms with Crippen molar-refractivity contribution in [2.45, 2.75) is 19.4 Å². The Balaban J connectivity index is 1.20. The number of rotatable bonds is 8. The van der Waals surface area contributed by atoms with Crippen molar-refractivity contribution in [3.8, 4) is 34.3 Å². The third-order valence-corrected chi connectivity index (χ3v) is 6.31. The summed E-state index contributed by atoms with van der Waals surface area (Å²) < 4.78 is 22.8. The summed E-state index contributed by atoms with van der Waals surface area (Å²) in [7, 11) is 3.04. The number of hydrogen-bond acceptors (Lipinski definition) is 9. The predicted octanol–water partition coefficient (Wildman–Crippen LogP) is 3.68. The van der Waals surface area contributed by atoms with Crippen molar-refractivity contribution in [1.29, 1.82) is 0 Å². The van der Waals surface area contributed by atoms with Crippen molar-refractivity contribution in [3.05, 3.63) is 52.4 Å². The lowest BCUT2D eigenvalue weighted by Gasteiger charge is -2.10. The van der Waals surface area contributed by atoms with Crippen LogP contribution in [0.2, 0.25) is 0 Å². The summed E-state index contributed by atoms with van der Waals surface area (Å²) in [6, 6.07) is 8.89. The van der Waals surface area contributed by atoms with Crippen molar-refractivity contribution in [1.82, 2.24) is 14.5 Å². The highest BCUT2D eigenvalue weighted by atomic mass is 32.1. The van der Waals surface area contributed by atoms with Gasteiger partial charge in [-0.3, -0.25) is 14.2 Å². The molecular formula is C24H22N4O6S. The number of fused-ring (bicyclic) bond motifs is 2. The highest BCUT2D eigenvalue weighted by Gasteiger charge is 2.16. The third-order valence-electron chi connectivity index (χ3n) is 5.55. The lowest BCUT2D eigenvalue weighted by molar-refractivity contribution is -0.116. The van der Waals surface area contributed by atoms with E-state index in [0.717, 1.165) is 11.3 Å². The summed E-state index contributed by atoms with van der Waals surface area (Å²) >= 11 is 1.34. The minimum atomic E-state index is -0.204. The molecule has 2 aromatic carbocycles. The van der Waals surface area contributed by atoms with E-state index >= 15 is 0 Å². The molecular weight excluding hydrogens is 472 g/mol. The Morgan fingerprint density at radius 2 is 1.94 bits per heavy atom. The van der Waals surface area contributed by atoms with E-state index in [1.165, 1.54) is 36.5 Å². The number of hydrogen-bond donors (Lipinski definition) is 1. The Kier molecular flexibility index (Phi) is 6.23. The molecule has 11 heteroatoms. The van der Waals surface area contributed by atoms with Crippen LogP contribution >= 0.6 is 11.3 Å². The number of carbonyl (C=O) groups is 1. The van der Waals surface area contributed by atoms with E-state index in [4.69, 9.17) is 18.9 Å². The average Bonchev–Trinajstić information content (AvgIpc) is 3.53. The predicted molar refractivity (Wildman–Crippen MR) is 131 cm³/mol. The molecule has 0 spiro atoms. The molecule has 1 N–H and O–H groups in total. The van der Waals surface area contributed by atoms with Gasteiger partial charge in [0.2, 0.25) is 12.7 Å². The Bertz CT molecular complexity index is 1460. The molecule has 180 valence electrons. The highest BCUT2D eigenvalue weighted by Crippen LogP contribution is 2.36. The number of methoxy groups -OCH3 is 2. The first kappa shape index (κ1) is 22.7. The van der Waals surface area contributed by atoms with Crippen LogP contribution in [0.5, 0.6) is 23.0 Å². The fourth-order valence-electron chi connectivity index (χ4n) is 3.76. The van der Waals surface area contributed by atoms with Gasteiger partial charge >= 0.3 is 0 Å². The van der Waals surface area contributed by atoms with Gasteiger partial charge in [0, 0.05) is 30.0 Å². The molecule has 35 heavy (non-hydrogen) atoms. The number of nitrogens with one attached hydrogen (secondary N) is 1. The number of thiazole rings is 1. The van der Waals surface area contributed by atoms with Gasteiger partial charge in [-0.1, -0.05) is 0 Å². The SMILES string of the molecule is COc1cc2ncn(CCCC(=O)Nc3nc(-c4ccc5c(c4)OCO5)cs3)c(=O)c2cc1OC. The molecule has 0 fully saturated rings. The van der Waals surface area contributed by atoms with E-state index in [1.54, 1.807) is 12.1 Å². The molecule has 1 aliphatic rings. The van der Waals surface area contributed by atoms with Crippen LogP contribution in [0.4, 0.5) is 5.13 Å². The van der Waals surface area contributed by atoms with Gasteiger partial charge in [0.1, 0.15) is 0 Å². The van der Waals surface area contributed by atoms with E-state index in [-0.39, 0.29) is 24.7 Å². The number of amides is 1. The van der Waals surface area contributed by atoms with E-state index in [2.05, 4.69) is 15.3 Å². The second kappa shape index (κ2) is 9.63. The van der Waals surface area contributed by atoms with Gasteiger partial charge in [0.05, 0.1) is 37.1 Å². The molecule has 0 atom stereocenters. The summed E-state index contributed by atoms with van der Waals surface area (Å²) in [5.74, 6) is 2.17. The standard InChI is InChI=1S/C24H22N4O6S/c1-31-19-9-15-16(10-20(19)32-2)25-12-28(23(15)30)7-3-4-22(29)27-24-26-17(11-35-24)14-5-6-18-21(8-14)34-13-33-18/h5-6,8-12H,3-4,7,13H2,1-2H3,(H,26,27,29). The molecule has 0 bridgehead atoms. The van der Waals surface area contributed by atoms with Gasteiger partial charge < -0.3 is 24.3 Å². The normalized spacial score (nSPS) is 12.1. The second-order valence-corrected chi connectivity index (χ2v) is 8.58. The zero-order chi connectivity index (χ0) is 24.4. The summed E-state index contributed by atoms with van der Waals surface area (Å²) in [5, 5.41) is 5.63. The molecule has 0 aliphatic carbocycles. The van der Waals surface area contributed by atoms with Gasteiger partial charge in [0.15, 0.2) is 28.1 Å². The van der Waals surface area contributed by atoms with Crippen LogP contribution in [0.25, 0.3) is 22.2 Å². The third kappa shape index (κ3) is 4.62. The lowest BCUT2D eigenvalue weighted by atomic mass is 10.1. The fourth-order valence-corrected chi connectivity index (χ4v) is 4.49. The molecule has 3 heterocycles. The number of ether oxygens (including phenoxy) is 4. The number of nitrogens with zero attached hydrogens (tertiary/aromatic N) is 3. The molecule has 4 aromatic rings. The number of anilines is 1. The van der Waals surface area contributed by atoms with Crippen LogP contribution in [0.15, 0.2) is 46.8 Å². The Hall–Kier alpha value is -4.12. The van der Waals surface area contributed by atoms with Crippen LogP contribution < -0.4 is 29.8 Å². The van der Waals surface area contributed by atoms with E-state index in [1.807, 2.05) is 23.6 Å². The molecule has 0 unspecified atom stereocenters. The first-order valence-corrected chi connectivity index (χ1v) is 11.7. The van der Waals surface area contributed by atoms with Crippen molar-refractivity contribution in [3.63, 3.8) is 0 Å². The largest absolute Gasteiger partial charge is 0.493 e. The second-order valence-electron chi connectivity index (χ2n) is 7.73. The van der Waals surface area contributed by atoms with Gasteiger partial charge in [-0.05, 0) is 30.7 Å². The maximum atomic E-state index is 12.9. The van der Waals surface area contributed by atoms with Crippen LogP contribution in [0, 0.1) is 0 Å². The fraction of sp³-hybridized carbons (Fsp3) is 0.250. The number of aryl methyl sites for hydroxylation is 1. The van der Waals surface area contributed by atoms with Crippen LogP contribution in [-0.2, 0) is 11.3 Å². The summed E-state index contributed by atoms with van der Waals surface area (Å²) in [5.41, 5.74) is 1.93. The Labute approximate surface area is 204 Å². The number of aromatic nitrogens is 3. The van der Waals surface area contributed by atoms with Gasteiger partial charge in [0.25, 0.3) is 5.56 Å². The minimum absolute atomic E-state index is 0.176. The van der Waals surface area contributed by atoms with Crippen LogP contribution in [-0.4, -0.2) is 41.5 Å². The summed E-state index contributed by atoms with van der Waals surface area (Å²) in [6.45, 7) is 0.561. The first-order valence-electron chi connectivity index (χ1n) is 10.8. The molecule has 2 aromatic heterocycles. The Morgan fingerprint density at radius 1 is 1.14 bits per heavy atom. The highest BCUT2D eigenvalue weighted by molar-refractivity contribution is 7.14. The van der Waals surface area contributed by atoms with Gasteiger partial charge in [-0.15, -0.1) is 11.3 Å². The zero-order valence-corrected chi connectivity index (χ0v) is 19.9. The summed E-state index contributed by atoms with van der Waals surface area (Å²) in [4.78, 5) is 34.2. The van der Waals surface area contributed by atoms with Crippen molar-refractivity contribution in [2.24, 2.45) is 0 Å². The number of benzene rings is 2. The quantitative estimate of drug-likeness (QED) is 0.395. The smallest absolute Gasteiger partial charge is 0.261 e. The maximum absolute atomic E-state index is 12.9. The van der Waals surface area contributed by atoms with Gasteiger partial charge in [-0.2, -0.15) is 0 Å². The van der Waals surface area contributed by atoms with Crippen LogP contribution in [0.3, 0.4) is 0 Å². The maximum Gasteiger partial charge on any atom is 0.261 e. The van der Waals surface area contributed by atoms with Gasteiger partial charge in [-0.25, -0.2) is 9.97 Å². The summed E-state index contributed by atoms with van der Waals surface area (Å²) in [6.07, 6.45) is 2.18. The van der Waals surface area contributed by atoms with E-state index in [0.29, 0.717) is 52.0 Å². The number of carbonyl (C=O) groups excluding carboxylic acids is 1. The molecule has 1 amide bonds. The van der Waals surface area contributed by atoms with Crippen LogP contribution in [0.1, 0.15) is 12.8 Å².